The third kappa shape index (κ3) is 3.51. The molecule has 2 rings (SSSR count). The Bertz CT molecular complexity index is 604. The van der Waals surface area contributed by atoms with Gasteiger partial charge in [-0.15, -0.1) is 0 Å². The number of aryl methyl sites for hydroxylation is 2. The summed E-state index contributed by atoms with van der Waals surface area (Å²) in [6.45, 7) is 5.77. The molecule has 1 saturated heterocycles. The minimum absolute atomic E-state index is 0.133. The molecule has 0 atom stereocenters. The molecule has 1 aliphatic rings. The van der Waals surface area contributed by atoms with Gasteiger partial charge in [-0.2, -0.15) is 9.40 Å². The quantitative estimate of drug-likeness (QED) is 0.770. The van der Waals surface area contributed by atoms with Crippen LogP contribution in [-0.2, 0) is 21.8 Å². The number of sulfonamides is 1. The van der Waals surface area contributed by atoms with Crippen molar-refractivity contribution in [2.75, 3.05) is 26.2 Å². The smallest absolute Gasteiger partial charge is 0.246 e. The second kappa shape index (κ2) is 7.08. The topological polar surface area (TPSA) is 90.5 Å². The van der Waals surface area contributed by atoms with E-state index in [1.807, 2.05) is 0 Å². The maximum absolute atomic E-state index is 12.8. The highest BCUT2D eigenvalue weighted by atomic mass is 32.2. The first-order valence-electron chi connectivity index (χ1n) is 7.70. The second-order valence-corrected chi connectivity index (χ2v) is 7.61. The number of piperidine rings is 1. The lowest BCUT2D eigenvalue weighted by molar-refractivity contribution is 0.0209. The number of hydrogen-bond acceptors (Lipinski definition) is 5. The lowest BCUT2D eigenvalue weighted by Gasteiger charge is -2.31. The van der Waals surface area contributed by atoms with Crippen LogP contribution in [0.5, 0.6) is 0 Å². The van der Waals surface area contributed by atoms with Crippen LogP contribution in [0.15, 0.2) is 4.90 Å². The summed E-state index contributed by atoms with van der Waals surface area (Å²) in [4.78, 5) is 0.345. The van der Waals surface area contributed by atoms with E-state index in [0.29, 0.717) is 42.5 Å². The fourth-order valence-electron chi connectivity index (χ4n) is 2.83. The maximum Gasteiger partial charge on any atom is 0.246 e. The summed E-state index contributed by atoms with van der Waals surface area (Å²) in [6.07, 6.45) is 2.42. The van der Waals surface area contributed by atoms with Crippen molar-refractivity contribution in [2.24, 2.45) is 12.8 Å². The Morgan fingerprint density at radius 2 is 1.95 bits per heavy atom. The molecule has 1 aliphatic heterocycles. The molecule has 7 nitrogen and oxygen atoms in total. The van der Waals surface area contributed by atoms with Gasteiger partial charge in [0.1, 0.15) is 4.90 Å². The minimum Gasteiger partial charge on any atom is -0.378 e. The molecule has 22 heavy (non-hydrogen) atoms. The number of hydrogen-bond donors (Lipinski definition) is 1. The first-order chi connectivity index (χ1) is 10.4. The first-order valence-corrected chi connectivity index (χ1v) is 9.14. The van der Waals surface area contributed by atoms with Crippen LogP contribution < -0.4 is 5.73 Å². The zero-order chi connectivity index (χ0) is 16.3. The van der Waals surface area contributed by atoms with Crippen molar-refractivity contribution >= 4 is 10.0 Å². The fourth-order valence-corrected chi connectivity index (χ4v) is 4.70. The predicted octanol–water partition coefficient (Wildman–Crippen LogP) is 0.555. The molecule has 0 saturated carbocycles. The van der Waals surface area contributed by atoms with Gasteiger partial charge in [0, 0.05) is 26.7 Å². The number of ether oxygens (including phenoxy) is 1. The molecule has 2 N–H and O–H groups in total. The van der Waals surface area contributed by atoms with Crippen LogP contribution >= 0.6 is 0 Å². The van der Waals surface area contributed by atoms with Crippen LogP contribution in [0, 0.1) is 13.8 Å². The highest BCUT2D eigenvalue weighted by molar-refractivity contribution is 7.89. The Kier molecular flexibility index (Phi) is 5.60. The van der Waals surface area contributed by atoms with Gasteiger partial charge >= 0.3 is 0 Å². The molecule has 1 fully saturated rings. The second-order valence-electron chi connectivity index (χ2n) is 5.74. The van der Waals surface area contributed by atoms with Gasteiger partial charge in [0.15, 0.2) is 0 Å². The van der Waals surface area contributed by atoms with Gasteiger partial charge in [-0.25, -0.2) is 8.42 Å². The fraction of sp³-hybridized carbons (Fsp3) is 0.786. The van der Waals surface area contributed by atoms with E-state index in [4.69, 9.17) is 10.5 Å². The molecule has 0 bridgehead atoms. The summed E-state index contributed by atoms with van der Waals surface area (Å²) in [5.74, 6) is 0. The summed E-state index contributed by atoms with van der Waals surface area (Å²) < 4.78 is 34.5. The highest BCUT2D eigenvalue weighted by Crippen LogP contribution is 2.26. The molecular weight excluding hydrogens is 304 g/mol. The zero-order valence-electron chi connectivity index (χ0n) is 13.6. The Hall–Kier alpha value is -0.960. The van der Waals surface area contributed by atoms with E-state index in [-0.39, 0.29) is 6.10 Å². The van der Waals surface area contributed by atoms with E-state index in [1.54, 1.807) is 29.9 Å². The lowest BCUT2D eigenvalue weighted by atomic mass is 10.1. The van der Waals surface area contributed by atoms with Gasteiger partial charge in [-0.3, -0.25) is 4.68 Å². The molecule has 0 spiro atoms. The molecule has 0 aliphatic carbocycles. The average Bonchev–Trinajstić information content (AvgIpc) is 2.73. The molecule has 1 aromatic heterocycles. The van der Waals surface area contributed by atoms with Gasteiger partial charge in [-0.05, 0) is 39.7 Å². The first kappa shape index (κ1) is 17.4. The number of aromatic nitrogens is 2. The normalized spacial score (nSPS) is 18.0. The van der Waals surface area contributed by atoms with Crippen molar-refractivity contribution < 1.29 is 13.2 Å². The SMILES string of the molecule is Cc1nn(C)c(C)c1S(=O)(=O)N1CCC(OCCCN)CC1. The molecule has 0 amide bonds. The van der Waals surface area contributed by atoms with Gasteiger partial charge in [0.05, 0.1) is 17.5 Å². The summed E-state index contributed by atoms with van der Waals surface area (Å²) >= 11 is 0. The van der Waals surface area contributed by atoms with Crippen LogP contribution in [-0.4, -0.2) is 54.8 Å². The van der Waals surface area contributed by atoms with E-state index in [0.717, 1.165) is 19.3 Å². The third-order valence-corrected chi connectivity index (χ3v) is 6.30. The van der Waals surface area contributed by atoms with Crippen molar-refractivity contribution in [1.29, 1.82) is 0 Å². The lowest BCUT2D eigenvalue weighted by Crippen LogP contribution is -2.41. The number of nitrogens with zero attached hydrogens (tertiary/aromatic N) is 3. The molecular formula is C14H26N4O3S. The molecule has 0 aromatic carbocycles. The molecule has 2 heterocycles. The summed E-state index contributed by atoms with van der Waals surface area (Å²) in [7, 11) is -1.71. The molecule has 126 valence electrons. The van der Waals surface area contributed by atoms with E-state index in [9.17, 15) is 8.42 Å². The predicted molar refractivity (Wildman–Crippen MR) is 84.1 cm³/mol. The summed E-state index contributed by atoms with van der Waals surface area (Å²) in [5, 5.41) is 4.21. The van der Waals surface area contributed by atoms with Crippen molar-refractivity contribution in [2.45, 2.75) is 44.1 Å². The largest absolute Gasteiger partial charge is 0.378 e. The number of nitrogens with two attached hydrogens (primary N) is 1. The monoisotopic (exact) mass is 330 g/mol. The maximum atomic E-state index is 12.8. The minimum atomic E-state index is -3.48. The number of rotatable bonds is 6. The van der Waals surface area contributed by atoms with Crippen LogP contribution in [0.25, 0.3) is 0 Å². The van der Waals surface area contributed by atoms with Gasteiger partial charge in [-0.1, -0.05) is 0 Å². The van der Waals surface area contributed by atoms with Crippen LogP contribution in [0.1, 0.15) is 30.7 Å². The van der Waals surface area contributed by atoms with Crippen molar-refractivity contribution in [3.8, 4) is 0 Å². The van der Waals surface area contributed by atoms with Crippen LogP contribution in [0.4, 0.5) is 0 Å². The highest BCUT2D eigenvalue weighted by Gasteiger charge is 2.33. The Labute approximate surface area is 132 Å². The molecule has 0 unspecified atom stereocenters. The van der Waals surface area contributed by atoms with Gasteiger partial charge < -0.3 is 10.5 Å². The van der Waals surface area contributed by atoms with Gasteiger partial charge in [0.2, 0.25) is 10.0 Å². The van der Waals surface area contributed by atoms with E-state index in [2.05, 4.69) is 5.10 Å². The average molecular weight is 330 g/mol. The van der Waals surface area contributed by atoms with Crippen LogP contribution in [0.2, 0.25) is 0 Å². The van der Waals surface area contributed by atoms with Gasteiger partial charge in [0.25, 0.3) is 0 Å². The molecule has 1 aromatic rings. The Balaban J connectivity index is 2.04. The Morgan fingerprint density at radius 3 is 2.45 bits per heavy atom. The molecule has 8 heteroatoms. The van der Waals surface area contributed by atoms with Crippen molar-refractivity contribution in [3.63, 3.8) is 0 Å². The standard InChI is InChI=1S/C14H26N4O3S/c1-11-14(12(2)17(3)16-11)22(19,20)18-8-5-13(6-9-18)21-10-4-7-15/h13H,4-10,15H2,1-3H3. The van der Waals surface area contributed by atoms with E-state index < -0.39 is 10.0 Å². The molecule has 0 radical (unpaired) electrons. The van der Waals surface area contributed by atoms with E-state index >= 15 is 0 Å². The summed E-state index contributed by atoms with van der Waals surface area (Å²) in [6, 6.07) is 0. The zero-order valence-corrected chi connectivity index (χ0v) is 14.4. The summed E-state index contributed by atoms with van der Waals surface area (Å²) in [5.41, 5.74) is 6.68. The Morgan fingerprint density at radius 1 is 1.32 bits per heavy atom. The van der Waals surface area contributed by atoms with Crippen molar-refractivity contribution in [1.82, 2.24) is 14.1 Å². The third-order valence-electron chi connectivity index (χ3n) is 4.14. The van der Waals surface area contributed by atoms with Crippen molar-refractivity contribution in [3.05, 3.63) is 11.4 Å². The van der Waals surface area contributed by atoms with Crippen LogP contribution in [0.3, 0.4) is 0 Å². The van der Waals surface area contributed by atoms with E-state index in [1.165, 1.54) is 0 Å².